The fourth-order valence-corrected chi connectivity index (χ4v) is 3.10. The first kappa shape index (κ1) is 15.5. The molecule has 1 aliphatic rings. The summed E-state index contributed by atoms with van der Waals surface area (Å²) in [7, 11) is -1.41. The van der Waals surface area contributed by atoms with Crippen LogP contribution in [0.2, 0.25) is 0 Å². The molecule has 0 atom stereocenters. The molecule has 0 amide bonds. The standard InChI is InChI=1S/C16H26BNO2/c1-16(2)9-5-3-4-7-13-11-14(17(19)20)12-18-15(13)8-6-10-16/h11-12,19-20H,3-10H2,1-2H3. The Kier molecular flexibility index (Phi) is 5.22. The van der Waals surface area contributed by atoms with E-state index in [1.54, 1.807) is 6.20 Å². The molecule has 0 saturated carbocycles. The second-order valence-electron chi connectivity index (χ2n) is 6.83. The summed E-state index contributed by atoms with van der Waals surface area (Å²) in [6.07, 6.45) is 11.0. The molecule has 3 nitrogen and oxygen atoms in total. The lowest BCUT2D eigenvalue weighted by Gasteiger charge is -2.24. The average molecular weight is 275 g/mol. The van der Waals surface area contributed by atoms with Gasteiger partial charge in [-0.25, -0.2) is 0 Å². The van der Waals surface area contributed by atoms with Crippen LogP contribution in [-0.2, 0) is 12.8 Å². The lowest BCUT2D eigenvalue weighted by molar-refractivity contribution is 0.288. The van der Waals surface area contributed by atoms with Gasteiger partial charge in [-0.05, 0) is 49.5 Å². The normalized spacial score (nSPS) is 19.8. The van der Waals surface area contributed by atoms with E-state index in [-0.39, 0.29) is 0 Å². The van der Waals surface area contributed by atoms with E-state index < -0.39 is 7.12 Å². The lowest BCUT2D eigenvalue weighted by Crippen LogP contribution is -2.31. The van der Waals surface area contributed by atoms with Gasteiger partial charge < -0.3 is 10.0 Å². The van der Waals surface area contributed by atoms with Crippen LogP contribution in [0.1, 0.15) is 63.6 Å². The molecule has 0 aromatic carbocycles. The van der Waals surface area contributed by atoms with Gasteiger partial charge in [0.2, 0.25) is 0 Å². The highest BCUT2D eigenvalue weighted by Crippen LogP contribution is 2.31. The van der Waals surface area contributed by atoms with Crippen LogP contribution in [0.3, 0.4) is 0 Å². The first-order chi connectivity index (χ1) is 9.48. The summed E-state index contributed by atoms with van der Waals surface area (Å²) in [5.41, 5.74) is 3.30. The van der Waals surface area contributed by atoms with Crippen LogP contribution >= 0.6 is 0 Å². The van der Waals surface area contributed by atoms with Crippen molar-refractivity contribution < 1.29 is 10.0 Å². The topological polar surface area (TPSA) is 53.4 Å². The average Bonchev–Trinajstić information content (AvgIpc) is 2.41. The molecule has 2 N–H and O–H groups in total. The summed E-state index contributed by atoms with van der Waals surface area (Å²) in [5, 5.41) is 18.6. The Bertz CT molecular complexity index is 446. The van der Waals surface area contributed by atoms with Crippen LogP contribution in [0.25, 0.3) is 0 Å². The van der Waals surface area contributed by atoms with Gasteiger partial charge in [-0.3, -0.25) is 4.98 Å². The van der Waals surface area contributed by atoms with Crippen molar-refractivity contribution >= 4 is 12.6 Å². The summed E-state index contributed by atoms with van der Waals surface area (Å²) >= 11 is 0. The van der Waals surface area contributed by atoms with Gasteiger partial charge in [-0.1, -0.05) is 32.8 Å². The molecule has 110 valence electrons. The number of rotatable bonds is 1. The van der Waals surface area contributed by atoms with Crippen LogP contribution in [0.15, 0.2) is 12.3 Å². The van der Waals surface area contributed by atoms with Gasteiger partial charge in [-0.15, -0.1) is 0 Å². The van der Waals surface area contributed by atoms with E-state index in [4.69, 9.17) is 0 Å². The van der Waals surface area contributed by atoms with Crippen LogP contribution in [-0.4, -0.2) is 22.2 Å². The first-order valence-electron chi connectivity index (χ1n) is 7.82. The third-order valence-corrected chi connectivity index (χ3v) is 4.45. The highest BCUT2D eigenvalue weighted by molar-refractivity contribution is 6.58. The van der Waals surface area contributed by atoms with Crippen molar-refractivity contribution in [3.8, 4) is 0 Å². The van der Waals surface area contributed by atoms with Crippen molar-refractivity contribution in [2.45, 2.75) is 65.2 Å². The largest absolute Gasteiger partial charge is 0.490 e. The van der Waals surface area contributed by atoms with E-state index in [0.717, 1.165) is 31.4 Å². The quantitative estimate of drug-likeness (QED) is 0.773. The Hall–Kier alpha value is -0.865. The van der Waals surface area contributed by atoms with Crippen LogP contribution < -0.4 is 5.46 Å². The predicted molar refractivity (Wildman–Crippen MR) is 83.0 cm³/mol. The smallest absolute Gasteiger partial charge is 0.423 e. The molecule has 1 heterocycles. The van der Waals surface area contributed by atoms with Crippen molar-refractivity contribution in [3.63, 3.8) is 0 Å². The Morgan fingerprint density at radius 2 is 1.80 bits per heavy atom. The number of aromatic nitrogens is 1. The molecule has 0 bridgehead atoms. The second-order valence-corrected chi connectivity index (χ2v) is 6.83. The van der Waals surface area contributed by atoms with Crippen molar-refractivity contribution in [1.82, 2.24) is 4.98 Å². The maximum Gasteiger partial charge on any atom is 0.490 e. The fourth-order valence-electron chi connectivity index (χ4n) is 3.10. The number of aryl methyl sites for hydroxylation is 2. The van der Waals surface area contributed by atoms with Crippen LogP contribution in [0.4, 0.5) is 0 Å². The molecule has 1 aliphatic carbocycles. The second kappa shape index (κ2) is 6.73. The molecular formula is C16H26BNO2. The van der Waals surface area contributed by atoms with Gasteiger partial charge in [0.15, 0.2) is 0 Å². The summed E-state index contributed by atoms with van der Waals surface area (Å²) in [5.74, 6) is 0. The molecule has 2 rings (SSSR count). The SMILES string of the molecule is CC1(C)CCCCCc2cc(B(O)O)cnc2CCC1. The third kappa shape index (κ3) is 4.32. The van der Waals surface area contributed by atoms with Gasteiger partial charge in [-0.2, -0.15) is 0 Å². The Labute approximate surface area is 122 Å². The summed E-state index contributed by atoms with van der Waals surface area (Å²) in [4.78, 5) is 4.47. The lowest BCUT2D eigenvalue weighted by atomic mass is 9.80. The van der Waals surface area contributed by atoms with Crippen LogP contribution in [0.5, 0.6) is 0 Å². The molecule has 0 spiro atoms. The summed E-state index contributed by atoms with van der Waals surface area (Å²) < 4.78 is 0. The van der Waals surface area contributed by atoms with E-state index >= 15 is 0 Å². The van der Waals surface area contributed by atoms with Gasteiger partial charge in [0.1, 0.15) is 0 Å². The number of hydrogen-bond acceptors (Lipinski definition) is 3. The van der Waals surface area contributed by atoms with E-state index in [1.807, 2.05) is 6.07 Å². The molecule has 20 heavy (non-hydrogen) atoms. The van der Waals surface area contributed by atoms with Crippen LogP contribution in [0, 0.1) is 5.41 Å². The zero-order chi connectivity index (χ0) is 14.6. The zero-order valence-corrected chi connectivity index (χ0v) is 12.7. The molecule has 0 unspecified atom stereocenters. The highest BCUT2D eigenvalue weighted by atomic mass is 16.4. The highest BCUT2D eigenvalue weighted by Gasteiger charge is 2.19. The number of hydrogen-bond donors (Lipinski definition) is 2. The van der Waals surface area contributed by atoms with Gasteiger partial charge in [0.05, 0.1) is 0 Å². The molecule has 0 saturated heterocycles. The first-order valence-corrected chi connectivity index (χ1v) is 7.82. The fraction of sp³-hybridized carbons (Fsp3) is 0.688. The predicted octanol–water partition coefficient (Wildman–Crippen LogP) is 2.23. The molecule has 1 aromatic heterocycles. The monoisotopic (exact) mass is 275 g/mol. The maximum absolute atomic E-state index is 9.28. The maximum atomic E-state index is 9.28. The van der Waals surface area contributed by atoms with Gasteiger partial charge in [0, 0.05) is 17.4 Å². The molecule has 0 radical (unpaired) electrons. The molecule has 1 aromatic rings. The number of nitrogens with zero attached hydrogens (tertiary/aromatic N) is 1. The number of pyridine rings is 1. The molecule has 0 aliphatic heterocycles. The third-order valence-electron chi connectivity index (χ3n) is 4.45. The minimum absolute atomic E-state index is 0.436. The van der Waals surface area contributed by atoms with E-state index in [9.17, 15) is 10.0 Å². The minimum atomic E-state index is -1.41. The van der Waals surface area contributed by atoms with Crippen molar-refractivity contribution in [2.75, 3.05) is 0 Å². The van der Waals surface area contributed by atoms with E-state index in [1.165, 1.54) is 31.2 Å². The Morgan fingerprint density at radius 1 is 1.05 bits per heavy atom. The van der Waals surface area contributed by atoms with Gasteiger partial charge >= 0.3 is 7.12 Å². The zero-order valence-electron chi connectivity index (χ0n) is 12.7. The Balaban J connectivity index is 2.16. The number of fused-ring (bicyclic) bond motifs is 1. The molecule has 4 heteroatoms. The van der Waals surface area contributed by atoms with Crippen molar-refractivity contribution in [2.24, 2.45) is 5.41 Å². The minimum Gasteiger partial charge on any atom is -0.423 e. The summed E-state index contributed by atoms with van der Waals surface area (Å²) in [6, 6.07) is 1.93. The van der Waals surface area contributed by atoms with E-state index in [2.05, 4.69) is 18.8 Å². The molecule has 0 fully saturated rings. The van der Waals surface area contributed by atoms with Crippen molar-refractivity contribution in [3.05, 3.63) is 23.5 Å². The van der Waals surface area contributed by atoms with Crippen molar-refractivity contribution in [1.29, 1.82) is 0 Å². The molecular weight excluding hydrogens is 249 g/mol. The van der Waals surface area contributed by atoms with Gasteiger partial charge in [0.25, 0.3) is 0 Å². The summed E-state index contributed by atoms with van der Waals surface area (Å²) in [6.45, 7) is 4.73. The Morgan fingerprint density at radius 3 is 2.55 bits per heavy atom. The van der Waals surface area contributed by atoms with E-state index in [0.29, 0.717) is 10.9 Å².